The number of benzene rings is 1. The molecule has 0 saturated carbocycles. The molecule has 134 valence electrons. The number of aryl methyl sites for hydroxylation is 1. The summed E-state index contributed by atoms with van der Waals surface area (Å²) in [4.78, 5) is 16.5. The average Bonchev–Trinajstić information content (AvgIpc) is 3.22. The van der Waals surface area contributed by atoms with E-state index in [1.165, 1.54) is 6.08 Å². The van der Waals surface area contributed by atoms with Gasteiger partial charge in [0.15, 0.2) is 0 Å². The van der Waals surface area contributed by atoms with E-state index in [4.69, 9.17) is 0 Å². The van der Waals surface area contributed by atoms with Crippen molar-refractivity contribution in [3.05, 3.63) is 72.1 Å². The average molecular weight is 349 g/mol. The minimum Gasteiger partial charge on any atom is -0.330 e. The van der Waals surface area contributed by atoms with Gasteiger partial charge in [0.1, 0.15) is 5.82 Å². The van der Waals surface area contributed by atoms with Crippen molar-refractivity contribution < 1.29 is 4.79 Å². The summed E-state index contributed by atoms with van der Waals surface area (Å²) >= 11 is 0. The maximum absolute atomic E-state index is 12.1. The molecule has 0 unspecified atom stereocenters. The predicted octanol–water partition coefficient (Wildman–Crippen LogP) is 3.44. The Morgan fingerprint density at radius 2 is 2.19 bits per heavy atom. The van der Waals surface area contributed by atoms with Gasteiger partial charge in [0.05, 0.1) is 6.20 Å². The largest absolute Gasteiger partial charge is 0.330 e. The summed E-state index contributed by atoms with van der Waals surface area (Å²) in [5, 5.41) is 6.97. The van der Waals surface area contributed by atoms with E-state index in [9.17, 15) is 4.79 Å². The fourth-order valence-corrected chi connectivity index (χ4v) is 2.78. The van der Waals surface area contributed by atoms with Crippen molar-refractivity contribution in [2.75, 3.05) is 5.32 Å². The van der Waals surface area contributed by atoms with Crippen molar-refractivity contribution >= 4 is 17.7 Å². The van der Waals surface area contributed by atoms with E-state index in [0.717, 1.165) is 29.2 Å². The smallest absolute Gasteiger partial charge is 0.248 e. The highest BCUT2D eigenvalue weighted by molar-refractivity contribution is 6.01. The molecule has 0 spiro atoms. The van der Waals surface area contributed by atoms with Gasteiger partial charge in [0, 0.05) is 55.4 Å². The number of hydrogen-bond acceptors (Lipinski definition) is 3. The van der Waals surface area contributed by atoms with E-state index in [-0.39, 0.29) is 5.91 Å². The normalized spacial score (nSPS) is 11.4. The number of nitrogens with one attached hydrogen (secondary N) is 1. The topological polar surface area (TPSA) is 64.7 Å². The van der Waals surface area contributed by atoms with Crippen molar-refractivity contribution in [3.8, 4) is 0 Å². The molecule has 0 bridgehead atoms. The molecular formula is C20H23N5O. The molecule has 2 heterocycles. The van der Waals surface area contributed by atoms with E-state index in [0.29, 0.717) is 5.92 Å². The molecule has 1 N–H and O–H groups in total. The fourth-order valence-electron chi connectivity index (χ4n) is 2.78. The minimum absolute atomic E-state index is 0.170. The Hall–Kier alpha value is -3.15. The molecule has 3 aromatic rings. The number of hydrogen-bond donors (Lipinski definition) is 1. The lowest BCUT2D eigenvalue weighted by atomic mass is 10.1. The first kappa shape index (κ1) is 17.7. The Labute approximate surface area is 153 Å². The fraction of sp³-hybridized carbons (Fsp3) is 0.250. The van der Waals surface area contributed by atoms with Crippen LogP contribution in [-0.4, -0.2) is 25.2 Å². The van der Waals surface area contributed by atoms with Gasteiger partial charge in [-0.15, -0.1) is 0 Å². The first-order chi connectivity index (χ1) is 12.5. The number of carbonyl (C=O) groups is 1. The summed E-state index contributed by atoms with van der Waals surface area (Å²) < 4.78 is 3.83. The molecule has 1 aromatic carbocycles. The van der Waals surface area contributed by atoms with Crippen LogP contribution < -0.4 is 5.32 Å². The highest BCUT2D eigenvalue weighted by Gasteiger charge is 2.08. The van der Waals surface area contributed by atoms with Gasteiger partial charge in [-0.05, 0) is 23.8 Å². The van der Waals surface area contributed by atoms with Gasteiger partial charge in [-0.1, -0.05) is 26.0 Å². The maximum atomic E-state index is 12.1. The molecule has 0 aliphatic heterocycles. The van der Waals surface area contributed by atoms with Gasteiger partial charge in [-0.25, -0.2) is 4.98 Å². The minimum atomic E-state index is -0.170. The van der Waals surface area contributed by atoms with Crippen LogP contribution in [0.3, 0.4) is 0 Å². The van der Waals surface area contributed by atoms with Crippen LogP contribution in [0.15, 0.2) is 55.1 Å². The molecule has 0 radical (unpaired) electrons. The second-order valence-electron chi connectivity index (χ2n) is 6.54. The summed E-state index contributed by atoms with van der Waals surface area (Å²) in [5.41, 5.74) is 2.77. The molecule has 6 nitrogen and oxygen atoms in total. The van der Waals surface area contributed by atoms with E-state index < -0.39 is 0 Å². The summed E-state index contributed by atoms with van der Waals surface area (Å²) in [6.07, 6.45) is 10.6. The van der Waals surface area contributed by atoms with Crippen LogP contribution in [0.5, 0.6) is 0 Å². The van der Waals surface area contributed by atoms with Crippen molar-refractivity contribution in [1.82, 2.24) is 19.3 Å². The molecule has 0 aliphatic rings. The van der Waals surface area contributed by atoms with Crippen molar-refractivity contribution in [2.45, 2.75) is 26.3 Å². The first-order valence-corrected chi connectivity index (χ1v) is 8.59. The highest BCUT2D eigenvalue weighted by Crippen LogP contribution is 2.16. The molecule has 6 heteroatoms. The summed E-state index contributed by atoms with van der Waals surface area (Å²) in [6.45, 7) is 4.98. The molecule has 0 fully saturated rings. The molecule has 0 saturated heterocycles. The van der Waals surface area contributed by atoms with Crippen LogP contribution in [0.1, 0.15) is 36.7 Å². The number of anilines is 1. The van der Waals surface area contributed by atoms with Gasteiger partial charge in [-0.2, -0.15) is 5.10 Å². The van der Waals surface area contributed by atoms with E-state index in [2.05, 4.69) is 33.8 Å². The predicted molar refractivity (Wildman–Crippen MR) is 103 cm³/mol. The van der Waals surface area contributed by atoms with Crippen LogP contribution in [0.2, 0.25) is 0 Å². The van der Waals surface area contributed by atoms with E-state index in [1.54, 1.807) is 17.0 Å². The molecule has 2 aromatic heterocycles. The number of carbonyl (C=O) groups excluding carboxylic acids is 1. The number of amides is 1. The van der Waals surface area contributed by atoms with E-state index in [1.807, 2.05) is 49.9 Å². The monoisotopic (exact) mass is 349 g/mol. The lowest BCUT2D eigenvalue weighted by molar-refractivity contribution is -0.111. The Bertz CT molecular complexity index is 920. The summed E-state index contributed by atoms with van der Waals surface area (Å²) in [5.74, 6) is 1.25. The highest BCUT2D eigenvalue weighted by atomic mass is 16.1. The zero-order valence-corrected chi connectivity index (χ0v) is 15.3. The zero-order chi connectivity index (χ0) is 18.5. The van der Waals surface area contributed by atoms with Gasteiger partial charge >= 0.3 is 0 Å². The van der Waals surface area contributed by atoms with Crippen molar-refractivity contribution in [1.29, 1.82) is 0 Å². The van der Waals surface area contributed by atoms with Crippen LogP contribution in [-0.2, 0) is 18.4 Å². The SMILES string of the molecule is CC(C)c1nccn1Cc1cccc(NC(=O)/C=C\c2cnn(C)c2)c1. The standard InChI is InChI=1S/C20H23N5O/c1-15(2)20-21-9-10-25(20)14-16-5-4-6-18(11-16)23-19(26)8-7-17-12-22-24(3)13-17/h4-13,15H,14H2,1-3H3,(H,23,26)/b8-7-. The van der Waals surface area contributed by atoms with Gasteiger partial charge in [0.2, 0.25) is 5.91 Å². The molecule has 0 aliphatic carbocycles. The molecule has 1 amide bonds. The van der Waals surface area contributed by atoms with Crippen LogP contribution in [0.25, 0.3) is 6.08 Å². The molecule has 26 heavy (non-hydrogen) atoms. The summed E-state index contributed by atoms with van der Waals surface area (Å²) in [7, 11) is 1.84. The summed E-state index contributed by atoms with van der Waals surface area (Å²) in [6, 6.07) is 7.86. The number of nitrogens with zero attached hydrogens (tertiary/aromatic N) is 4. The van der Waals surface area contributed by atoms with Crippen molar-refractivity contribution in [3.63, 3.8) is 0 Å². The first-order valence-electron chi connectivity index (χ1n) is 8.59. The second kappa shape index (κ2) is 7.82. The number of rotatable bonds is 6. The van der Waals surface area contributed by atoms with Gasteiger partial charge in [0.25, 0.3) is 0 Å². The quantitative estimate of drug-likeness (QED) is 0.693. The maximum Gasteiger partial charge on any atom is 0.248 e. The van der Waals surface area contributed by atoms with Gasteiger partial charge < -0.3 is 9.88 Å². The number of aromatic nitrogens is 4. The molecule has 0 atom stereocenters. The Morgan fingerprint density at radius 3 is 2.92 bits per heavy atom. The van der Waals surface area contributed by atoms with Crippen molar-refractivity contribution in [2.24, 2.45) is 7.05 Å². The Morgan fingerprint density at radius 1 is 1.35 bits per heavy atom. The van der Waals surface area contributed by atoms with Crippen LogP contribution in [0, 0.1) is 0 Å². The third-order valence-electron chi connectivity index (χ3n) is 3.96. The van der Waals surface area contributed by atoms with E-state index >= 15 is 0 Å². The molecule has 3 rings (SSSR count). The third-order valence-corrected chi connectivity index (χ3v) is 3.96. The Balaban J connectivity index is 1.66. The molecular weight excluding hydrogens is 326 g/mol. The Kier molecular flexibility index (Phi) is 5.31. The van der Waals surface area contributed by atoms with Crippen LogP contribution in [0.4, 0.5) is 5.69 Å². The lowest BCUT2D eigenvalue weighted by Gasteiger charge is -2.11. The third kappa shape index (κ3) is 4.47. The zero-order valence-electron chi connectivity index (χ0n) is 15.3. The second-order valence-corrected chi connectivity index (χ2v) is 6.54. The lowest BCUT2D eigenvalue weighted by Crippen LogP contribution is -2.09. The van der Waals surface area contributed by atoms with Crippen LogP contribution >= 0.6 is 0 Å². The van der Waals surface area contributed by atoms with Gasteiger partial charge in [-0.3, -0.25) is 9.48 Å². The number of imidazole rings is 1.